The number of ether oxygens (including phenoxy) is 1. The summed E-state index contributed by atoms with van der Waals surface area (Å²) in [6.45, 7) is 3.98. The van der Waals surface area contributed by atoms with Gasteiger partial charge >= 0.3 is 0 Å². The van der Waals surface area contributed by atoms with Gasteiger partial charge in [0, 0.05) is 24.9 Å². The van der Waals surface area contributed by atoms with Crippen molar-refractivity contribution in [2.24, 2.45) is 5.84 Å². The van der Waals surface area contributed by atoms with Gasteiger partial charge < -0.3 is 4.74 Å². The summed E-state index contributed by atoms with van der Waals surface area (Å²) in [5.41, 5.74) is 2.93. The van der Waals surface area contributed by atoms with Crippen molar-refractivity contribution in [2.75, 3.05) is 7.11 Å². The Morgan fingerprint density at radius 1 is 1.59 bits per heavy atom. The minimum Gasteiger partial charge on any atom is -0.379 e. The van der Waals surface area contributed by atoms with E-state index in [0.717, 1.165) is 6.42 Å². The second kappa shape index (κ2) is 6.05. The standard InChI is InChI=1S/C12H20FN3O/c1-12(2,17-3)6-4-11(16-14)9-5-7-15-8-10(9)13/h5,7-8,11,16H,4,6,14H2,1-3H3. The highest BCUT2D eigenvalue weighted by Gasteiger charge is 2.21. The minimum absolute atomic E-state index is 0.229. The first kappa shape index (κ1) is 14.0. The number of methoxy groups -OCH3 is 1. The molecule has 0 amide bonds. The summed E-state index contributed by atoms with van der Waals surface area (Å²) in [7, 11) is 1.66. The Morgan fingerprint density at radius 2 is 2.29 bits per heavy atom. The molecule has 96 valence electrons. The van der Waals surface area contributed by atoms with Crippen molar-refractivity contribution in [3.8, 4) is 0 Å². The van der Waals surface area contributed by atoms with Gasteiger partial charge in [-0.25, -0.2) is 4.39 Å². The third-order valence-corrected chi connectivity index (χ3v) is 2.97. The van der Waals surface area contributed by atoms with Crippen molar-refractivity contribution in [1.29, 1.82) is 0 Å². The molecule has 0 saturated heterocycles. The number of hydrogen-bond donors (Lipinski definition) is 2. The van der Waals surface area contributed by atoms with Gasteiger partial charge in [0.1, 0.15) is 5.82 Å². The van der Waals surface area contributed by atoms with Crippen LogP contribution in [0.5, 0.6) is 0 Å². The van der Waals surface area contributed by atoms with Crippen LogP contribution < -0.4 is 11.3 Å². The molecule has 5 heteroatoms. The Balaban J connectivity index is 2.70. The zero-order valence-corrected chi connectivity index (χ0v) is 10.5. The SMILES string of the molecule is COC(C)(C)CCC(NN)c1ccncc1F. The predicted molar refractivity (Wildman–Crippen MR) is 64.6 cm³/mol. The van der Waals surface area contributed by atoms with E-state index in [-0.39, 0.29) is 17.5 Å². The maximum Gasteiger partial charge on any atom is 0.146 e. The summed E-state index contributed by atoms with van der Waals surface area (Å²) in [6, 6.07) is 1.41. The zero-order chi connectivity index (χ0) is 12.9. The molecule has 0 aromatic carbocycles. The first-order valence-corrected chi connectivity index (χ1v) is 5.61. The number of hydrazine groups is 1. The van der Waals surface area contributed by atoms with Crippen molar-refractivity contribution >= 4 is 0 Å². The molecule has 1 aromatic rings. The number of aromatic nitrogens is 1. The summed E-state index contributed by atoms with van der Waals surface area (Å²) in [5.74, 6) is 5.12. The lowest BCUT2D eigenvalue weighted by Gasteiger charge is -2.25. The first-order valence-electron chi connectivity index (χ1n) is 5.61. The highest BCUT2D eigenvalue weighted by atomic mass is 19.1. The van der Waals surface area contributed by atoms with Gasteiger partial charge in [-0.1, -0.05) is 0 Å². The van der Waals surface area contributed by atoms with Gasteiger partial charge in [-0.05, 0) is 32.8 Å². The van der Waals surface area contributed by atoms with E-state index < -0.39 is 0 Å². The molecule has 0 aliphatic carbocycles. The van der Waals surface area contributed by atoms with Crippen LogP contribution in [0.3, 0.4) is 0 Å². The van der Waals surface area contributed by atoms with Crippen molar-refractivity contribution in [3.05, 3.63) is 29.8 Å². The zero-order valence-electron chi connectivity index (χ0n) is 10.5. The second-order valence-corrected chi connectivity index (χ2v) is 4.62. The van der Waals surface area contributed by atoms with Gasteiger partial charge in [-0.2, -0.15) is 0 Å². The van der Waals surface area contributed by atoms with Crippen LogP contribution in [0, 0.1) is 5.82 Å². The van der Waals surface area contributed by atoms with Gasteiger partial charge in [0.2, 0.25) is 0 Å². The van der Waals surface area contributed by atoms with Crippen LogP contribution in [-0.2, 0) is 4.74 Å². The third-order valence-electron chi connectivity index (χ3n) is 2.97. The Labute approximate surface area is 101 Å². The fraction of sp³-hybridized carbons (Fsp3) is 0.583. The Bertz CT molecular complexity index is 357. The number of nitrogens with one attached hydrogen (secondary N) is 1. The highest BCUT2D eigenvalue weighted by molar-refractivity contribution is 5.17. The molecule has 0 spiro atoms. The lowest BCUT2D eigenvalue weighted by Crippen LogP contribution is -2.31. The normalized spacial score (nSPS) is 13.7. The quantitative estimate of drug-likeness (QED) is 0.590. The summed E-state index contributed by atoms with van der Waals surface area (Å²) in [6.07, 6.45) is 4.23. The van der Waals surface area contributed by atoms with E-state index in [1.54, 1.807) is 19.4 Å². The van der Waals surface area contributed by atoms with Gasteiger partial charge in [-0.3, -0.25) is 16.3 Å². The number of nitrogens with zero attached hydrogens (tertiary/aromatic N) is 1. The number of nitrogens with two attached hydrogens (primary N) is 1. The van der Waals surface area contributed by atoms with Crippen molar-refractivity contribution in [3.63, 3.8) is 0 Å². The molecule has 0 radical (unpaired) electrons. The van der Waals surface area contributed by atoms with Crippen LogP contribution in [0.1, 0.15) is 38.3 Å². The third kappa shape index (κ3) is 4.03. The minimum atomic E-state index is -0.342. The molecule has 1 heterocycles. The monoisotopic (exact) mass is 241 g/mol. The fourth-order valence-corrected chi connectivity index (χ4v) is 1.59. The number of hydrogen-bond acceptors (Lipinski definition) is 4. The molecule has 4 nitrogen and oxygen atoms in total. The second-order valence-electron chi connectivity index (χ2n) is 4.62. The van der Waals surface area contributed by atoms with E-state index in [0.29, 0.717) is 12.0 Å². The van der Waals surface area contributed by atoms with E-state index in [4.69, 9.17) is 10.6 Å². The maximum absolute atomic E-state index is 13.5. The van der Waals surface area contributed by atoms with E-state index in [2.05, 4.69) is 10.4 Å². The number of rotatable bonds is 6. The lowest BCUT2D eigenvalue weighted by molar-refractivity contribution is 0.0116. The molecule has 0 fully saturated rings. The summed E-state index contributed by atoms with van der Waals surface area (Å²) in [5, 5.41) is 0. The summed E-state index contributed by atoms with van der Waals surface area (Å²) in [4.78, 5) is 3.72. The Morgan fingerprint density at radius 3 is 2.82 bits per heavy atom. The smallest absolute Gasteiger partial charge is 0.146 e. The highest BCUT2D eigenvalue weighted by Crippen LogP contribution is 2.25. The lowest BCUT2D eigenvalue weighted by atomic mass is 9.95. The fourth-order valence-electron chi connectivity index (χ4n) is 1.59. The van der Waals surface area contributed by atoms with Crippen molar-refractivity contribution in [2.45, 2.75) is 38.3 Å². The molecule has 0 saturated carbocycles. The summed E-state index contributed by atoms with van der Waals surface area (Å²) >= 11 is 0. The van der Waals surface area contributed by atoms with Crippen molar-refractivity contribution in [1.82, 2.24) is 10.4 Å². The average molecular weight is 241 g/mol. The molecular formula is C12H20FN3O. The molecule has 17 heavy (non-hydrogen) atoms. The van der Waals surface area contributed by atoms with Crippen LogP contribution in [0.25, 0.3) is 0 Å². The van der Waals surface area contributed by atoms with Crippen LogP contribution >= 0.6 is 0 Å². The van der Waals surface area contributed by atoms with Gasteiger partial charge in [0.25, 0.3) is 0 Å². The molecule has 1 rings (SSSR count). The first-order chi connectivity index (χ1) is 8.00. The van der Waals surface area contributed by atoms with E-state index in [1.807, 2.05) is 13.8 Å². The van der Waals surface area contributed by atoms with Crippen molar-refractivity contribution < 1.29 is 9.13 Å². The Hall–Kier alpha value is -1.04. The van der Waals surface area contributed by atoms with E-state index in [9.17, 15) is 4.39 Å². The molecule has 1 atom stereocenters. The van der Waals surface area contributed by atoms with E-state index >= 15 is 0 Å². The molecule has 3 N–H and O–H groups in total. The van der Waals surface area contributed by atoms with Gasteiger partial charge in [0.05, 0.1) is 11.8 Å². The topological polar surface area (TPSA) is 60.2 Å². The summed E-state index contributed by atoms with van der Waals surface area (Å²) < 4.78 is 18.9. The van der Waals surface area contributed by atoms with Crippen LogP contribution in [0.15, 0.2) is 18.5 Å². The molecule has 0 aliphatic rings. The van der Waals surface area contributed by atoms with Gasteiger partial charge in [0.15, 0.2) is 0 Å². The predicted octanol–water partition coefficient (Wildman–Crippen LogP) is 1.93. The maximum atomic E-state index is 13.5. The largest absolute Gasteiger partial charge is 0.379 e. The molecule has 1 unspecified atom stereocenters. The number of pyridine rings is 1. The van der Waals surface area contributed by atoms with Crippen LogP contribution in [0.4, 0.5) is 4.39 Å². The molecular weight excluding hydrogens is 221 g/mol. The van der Waals surface area contributed by atoms with Crippen LogP contribution in [-0.4, -0.2) is 17.7 Å². The molecule has 1 aromatic heterocycles. The van der Waals surface area contributed by atoms with Crippen LogP contribution in [0.2, 0.25) is 0 Å². The van der Waals surface area contributed by atoms with E-state index in [1.165, 1.54) is 6.20 Å². The number of halogens is 1. The molecule has 0 aliphatic heterocycles. The average Bonchev–Trinajstić information content (AvgIpc) is 2.32. The Kier molecular flexibility index (Phi) is 4.99. The molecule has 0 bridgehead atoms. The van der Waals surface area contributed by atoms with Gasteiger partial charge in [-0.15, -0.1) is 0 Å².